The van der Waals surface area contributed by atoms with Gasteiger partial charge in [-0.2, -0.15) is 0 Å². The van der Waals surface area contributed by atoms with Crippen molar-refractivity contribution in [2.24, 2.45) is 4.99 Å². The molecule has 0 N–H and O–H groups in total. The molecule has 1 nitrogen and oxygen atoms in total. The molecule has 1 heterocycles. The molecule has 9 heavy (non-hydrogen) atoms. The van der Waals surface area contributed by atoms with Crippen LogP contribution in [-0.4, -0.2) is 5.71 Å². The van der Waals surface area contributed by atoms with Crippen LogP contribution in [0.5, 0.6) is 0 Å². The highest BCUT2D eigenvalue weighted by atomic mass is 14.7. The second kappa shape index (κ2) is 3.06. The molecule has 0 aromatic carbocycles. The van der Waals surface area contributed by atoms with E-state index in [1.807, 2.05) is 31.4 Å². The lowest BCUT2D eigenvalue weighted by Crippen LogP contribution is -1.80. The minimum absolute atomic E-state index is 0.938. The Hall–Kier alpha value is -1.07. The van der Waals surface area contributed by atoms with Crippen molar-refractivity contribution in [2.75, 3.05) is 0 Å². The first-order valence-electron chi connectivity index (χ1n) is 3.00. The van der Waals surface area contributed by atoms with Crippen LogP contribution < -0.4 is 0 Å². The highest BCUT2D eigenvalue weighted by Gasteiger charge is 1.79. The minimum Gasteiger partial charge on any atom is -0.261 e. The van der Waals surface area contributed by atoms with E-state index >= 15 is 0 Å². The van der Waals surface area contributed by atoms with E-state index in [0.717, 1.165) is 12.1 Å². The number of hydrogen-bond donors (Lipinski definition) is 0. The standard InChI is InChI=1S/C8H9N/c1-8-6-4-2-3-5-7-9-8/h2,5-7H,3H2,1H3. The van der Waals surface area contributed by atoms with Gasteiger partial charge >= 0.3 is 0 Å². The summed E-state index contributed by atoms with van der Waals surface area (Å²) < 4.78 is 0. The van der Waals surface area contributed by atoms with Crippen molar-refractivity contribution in [2.45, 2.75) is 13.3 Å². The van der Waals surface area contributed by atoms with Gasteiger partial charge in [-0.05, 0) is 19.4 Å². The highest BCUT2D eigenvalue weighted by molar-refractivity contribution is 5.93. The van der Waals surface area contributed by atoms with Crippen LogP contribution in [0, 0.1) is 0 Å². The summed E-state index contributed by atoms with van der Waals surface area (Å²) in [6.45, 7) is 1.95. The first kappa shape index (κ1) is 6.06. The molecule has 0 saturated carbocycles. The van der Waals surface area contributed by atoms with E-state index in [0.29, 0.717) is 0 Å². The summed E-state index contributed by atoms with van der Waals surface area (Å²) in [7, 11) is 0. The lowest BCUT2D eigenvalue weighted by molar-refractivity contribution is 1.35. The molecule has 0 aromatic rings. The van der Waals surface area contributed by atoms with Gasteiger partial charge in [-0.15, -0.1) is 5.73 Å². The second-order valence-corrected chi connectivity index (χ2v) is 1.91. The van der Waals surface area contributed by atoms with Gasteiger partial charge in [0.2, 0.25) is 0 Å². The van der Waals surface area contributed by atoms with Gasteiger partial charge in [0.1, 0.15) is 0 Å². The third-order valence-corrected chi connectivity index (χ3v) is 1.05. The molecule has 0 fully saturated rings. The smallest absolute Gasteiger partial charge is 0.0449 e. The van der Waals surface area contributed by atoms with Crippen LogP contribution in [0.25, 0.3) is 0 Å². The topological polar surface area (TPSA) is 12.4 Å². The SMILES string of the molecule is CC1=NC=CCC=C=C1. The normalized spacial score (nSPS) is 16.8. The summed E-state index contributed by atoms with van der Waals surface area (Å²) in [4.78, 5) is 4.08. The number of aliphatic imine (C=N–C) groups is 1. The Kier molecular flexibility index (Phi) is 2.06. The third-order valence-electron chi connectivity index (χ3n) is 1.05. The van der Waals surface area contributed by atoms with Crippen LogP contribution in [-0.2, 0) is 0 Å². The number of nitrogens with zero attached hydrogens (tertiary/aromatic N) is 1. The third kappa shape index (κ3) is 2.11. The average molecular weight is 119 g/mol. The van der Waals surface area contributed by atoms with Crippen LogP contribution in [0.1, 0.15) is 13.3 Å². The molecule has 1 rings (SSSR count). The Labute approximate surface area is 55.1 Å². The van der Waals surface area contributed by atoms with E-state index in [2.05, 4.69) is 10.7 Å². The van der Waals surface area contributed by atoms with Crippen molar-refractivity contribution >= 4 is 5.71 Å². The van der Waals surface area contributed by atoms with Gasteiger partial charge in [0.15, 0.2) is 0 Å². The molecule has 0 unspecified atom stereocenters. The van der Waals surface area contributed by atoms with Crippen LogP contribution >= 0.6 is 0 Å². The monoisotopic (exact) mass is 119 g/mol. The van der Waals surface area contributed by atoms with Crippen molar-refractivity contribution < 1.29 is 0 Å². The Morgan fingerprint density at radius 2 is 2.56 bits per heavy atom. The number of hydrogen-bond acceptors (Lipinski definition) is 1. The summed E-state index contributed by atoms with van der Waals surface area (Å²) in [6, 6.07) is 0. The van der Waals surface area contributed by atoms with E-state index < -0.39 is 0 Å². The molecular weight excluding hydrogens is 110 g/mol. The van der Waals surface area contributed by atoms with Crippen molar-refractivity contribution in [1.29, 1.82) is 0 Å². The fraction of sp³-hybridized carbons (Fsp3) is 0.250. The Balaban J connectivity index is 2.82. The van der Waals surface area contributed by atoms with E-state index in [4.69, 9.17) is 0 Å². The van der Waals surface area contributed by atoms with Gasteiger partial charge in [-0.3, -0.25) is 4.99 Å². The highest BCUT2D eigenvalue weighted by Crippen LogP contribution is 1.90. The lowest BCUT2D eigenvalue weighted by atomic mass is 10.3. The van der Waals surface area contributed by atoms with E-state index in [-0.39, 0.29) is 0 Å². The first-order valence-corrected chi connectivity index (χ1v) is 3.00. The molecule has 0 bridgehead atoms. The summed E-state index contributed by atoms with van der Waals surface area (Å²) in [5.74, 6) is 0. The zero-order valence-corrected chi connectivity index (χ0v) is 5.46. The van der Waals surface area contributed by atoms with Gasteiger partial charge in [-0.1, -0.05) is 6.08 Å². The van der Waals surface area contributed by atoms with Gasteiger partial charge < -0.3 is 0 Å². The van der Waals surface area contributed by atoms with Crippen molar-refractivity contribution in [3.63, 3.8) is 0 Å². The van der Waals surface area contributed by atoms with E-state index in [9.17, 15) is 0 Å². The molecule has 0 saturated heterocycles. The maximum absolute atomic E-state index is 4.08. The predicted octanol–water partition coefficient (Wildman–Crippen LogP) is 2.08. The van der Waals surface area contributed by atoms with Gasteiger partial charge in [0.25, 0.3) is 0 Å². The molecule has 1 aliphatic heterocycles. The Bertz CT molecular complexity index is 203. The minimum atomic E-state index is 0.938. The maximum Gasteiger partial charge on any atom is 0.0449 e. The van der Waals surface area contributed by atoms with Crippen LogP contribution in [0.15, 0.2) is 35.2 Å². The van der Waals surface area contributed by atoms with Gasteiger partial charge in [0, 0.05) is 18.0 Å². The van der Waals surface area contributed by atoms with Crippen LogP contribution in [0.2, 0.25) is 0 Å². The van der Waals surface area contributed by atoms with E-state index in [1.165, 1.54) is 0 Å². The second-order valence-electron chi connectivity index (χ2n) is 1.91. The summed E-state index contributed by atoms with van der Waals surface area (Å²) in [5, 5.41) is 0. The fourth-order valence-corrected chi connectivity index (χ4v) is 0.584. The number of rotatable bonds is 0. The van der Waals surface area contributed by atoms with E-state index in [1.54, 1.807) is 0 Å². The Morgan fingerprint density at radius 1 is 1.67 bits per heavy atom. The molecule has 0 aliphatic carbocycles. The van der Waals surface area contributed by atoms with Gasteiger partial charge in [-0.25, -0.2) is 0 Å². The van der Waals surface area contributed by atoms with Crippen molar-refractivity contribution in [3.8, 4) is 0 Å². The summed E-state index contributed by atoms with van der Waals surface area (Å²) in [6.07, 6.45) is 8.62. The first-order chi connectivity index (χ1) is 4.39. The molecule has 1 aliphatic rings. The fourth-order valence-electron chi connectivity index (χ4n) is 0.584. The molecule has 1 heteroatoms. The van der Waals surface area contributed by atoms with Crippen LogP contribution in [0.3, 0.4) is 0 Å². The molecule has 0 spiro atoms. The quantitative estimate of drug-likeness (QED) is 0.433. The molecule has 0 amide bonds. The zero-order chi connectivity index (χ0) is 6.53. The molecule has 0 aromatic heterocycles. The predicted molar refractivity (Wildman–Crippen MR) is 39.5 cm³/mol. The molecular formula is C8H9N. The van der Waals surface area contributed by atoms with Crippen molar-refractivity contribution in [3.05, 3.63) is 30.2 Å². The summed E-state index contributed by atoms with van der Waals surface area (Å²) in [5.41, 5.74) is 4.01. The lowest BCUT2D eigenvalue weighted by Gasteiger charge is -1.86. The molecule has 0 radical (unpaired) electrons. The molecule has 0 atom stereocenters. The zero-order valence-electron chi connectivity index (χ0n) is 5.46. The largest absolute Gasteiger partial charge is 0.261 e. The molecule has 46 valence electrons. The maximum atomic E-state index is 4.08. The van der Waals surface area contributed by atoms with Crippen molar-refractivity contribution in [1.82, 2.24) is 0 Å². The average Bonchev–Trinajstić information content (AvgIpc) is 1.79. The van der Waals surface area contributed by atoms with Gasteiger partial charge in [0.05, 0.1) is 0 Å². The Morgan fingerprint density at radius 3 is 3.44 bits per heavy atom. The summed E-state index contributed by atoms with van der Waals surface area (Å²) >= 11 is 0. The number of allylic oxidation sites excluding steroid dienone is 2. The van der Waals surface area contributed by atoms with Crippen LogP contribution in [0.4, 0.5) is 0 Å².